The molecule has 0 saturated carbocycles. The van der Waals surface area contributed by atoms with Gasteiger partial charge in [0.15, 0.2) is 0 Å². The Balaban J connectivity index is 1.52. The average Bonchev–Trinajstić information content (AvgIpc) is 3.36. The van der Waals surface area contributed by atoms with Crippen molar-refractivity contribution >= 4 is 15.7 Å². The van der Waals surface area contributed by atoms with Crippen LogP contribution in [0.1, 0.15) is 36.4 Å². The fourth-order valence-electron chi connectivity index (χ4n) is 4.70. The number of halogens is 1. The highest BCUT2D eigenvalue weighted by atomic mass is 32.2. The molecule has 0 aliphatic carbocycles. The first-order valence-electron chi connectivity index (χ1n) is 12.5. The molecule has 4 aromatic rings. The summed E-state index contributed by atoms with van der Waals surface area (Å²) in [5, 5.41) is 3.07. The maximum absolute atomic E-state index is 13.6. The molecule has 0 spiro atoms. The number of benzene rings is 3. The zero-order valence-corrected chi connectivity index (χ0v) is 21.5. The molecule has 1 N–H and O–H groups in total. The van der Waals surface area contributed by atoms with Gasteiger partial charge in [0.1, 0.15) is 5.82 Å². The van der Waals surface area contributed by atoms with Crippen molar-refractivity contribution in [3.63, 3.8) is 0 Å². The SMILES string of the molecule is Cc1ccc(-c2nc(S(=O)(=O)c3ccc(F)cc3)c(NCC(c3ccccc3)N3CCCCC3)o2)cc1. The second-order valence-corrected chi connectivity index (χ2v) is 11.2. The molecule has 37 heavy (non-hydrogen) atoms. The summed E-state index contributed by atoms with van der Waals surface area (Å²) in [7, 11) is -4.07. The van der Waals surface area contributed by atoms with E-state index in [9.17, 15) is 12.8 Å². The normalized spacial score (nSPS) is 15.4. The predicted molar refractivity (Wildman–Crippen MR) is 142 cm³/mol. The maximum atomic E-state index is 13.6. The monoisotopic (exact) mass is 519 g/mol. The molecule has 5 rings (SSSR count). The first kappa shape index (κ1) is 25.2. The number of aromatic nitrogens is 1. The van der Waals surface area contributed by atoms with Gasteiger partial charge in [-0.15, -0.1) is 0 Å². The zero-order chi connectivity index (χ0) is 25.8. The standard InChI is InChI=1S/C29H30FN3O3S/c1-21-10-12-23(13-11-21)27-32-29(37(34,35)25-16-14-24(30)15-17-25)28(36-27)31-20-26(22-8-4-2-5-9-22)33-18-6-3-7-19-33/h2,4-5,8-17,26,31H,3,6-7,18-20H2,1H3. The van der Waals surface area contributed by atoms with Gasteiger partial charge in [-0.25, -0.2) is 12.8 Å². The molecule has 1 saturated heterocycles. The quantitative estimate of drug-likeness (QED) is 0.277. The smallest absolute Gasteiger partial charge is 0.233 e. The van der Waals surface area contributed by atoms with Crippen molar-refractivity contribution in [1.29, 1.82) is 0 Å². The third kappa shape index (κ3) is 5.60. The number of hydrogen-bond donors (Lipinski definition) is 1. The van der Waals surface area contributed by atoms with E-state index in [0.29, 0.717) is 12.1 Å². The van der Waals surface area contributed by atoms with Crippen molar-refractivity contribution in [2.75, 3.05) is 25.0 Å². The number of sulfone groups is 1. The fraction of sp³-hybridized carbons (Fsp3) is 0.276. The van der Waals surface area contributed by atoms with Crippen molar-refractivity contribution in [2.45, 2.75) is 42.1 Å². The molecule has 1 atom stereocenters. The van der Waals surface area contributed by atoms with Crippen LogP contribution in [0.5, 0.6) is 0 Å². The van der Waals surface area contributed by atoms with E-state index >= 15 is 0 Å². The number of piperidine rings is 1. The number of hydrogen-bond acceptors (Lipinski definition) is 6. The first-order valence-corrected chi connectivity index (χ1v) is 14.0. The second kappa shape index (κ2) is 10.9. The van der Waals surface area contributed by atoms with Gasteiger partial charge in [-0.05, 0) is 74.8 Å². The summed E-state index contributed by atoms with van der Waals surface area (Å²) in [5.41, 5.74) is 2.89. The zero-order valence-electron chi connectivity index (χ0n) is 20.7. The molecular weight excluding hydrogens is 489 g/mol. The van der Waals surface area contributed by atoms with Crippen LogP contribution < -0.4 is 5.32 Å². The molecule has 2 heterocycles. The lowest BCUT2D eigenvalue weighted by molar-refractivity contribution is 0.170. The van der Waals surface area contributed by atoms with E-state index in [0.717, 1.165) is 49.2 Å². The van der Waals surface area contributed by atoms with Gasteiger partial charge >= 0.3 is 0 Å². The van der Waals surface area contributed by atoms with Gasteiger partial charge in [0.25, 0.3) is 0 Å². The minimum absolute atomic E-state index is 0.0378. The van der Waals surface area contributed by atoms with E-state index in [1.54, 1.807) is 0 Å². The summed E-state index contributed by atoms with van der Waals surface area (Å²) in [6, 6.07) is 22.5. The number of likely N-dealkylation sites (tertiary alicyclic amines) is 1. The summed E-state index contributed by atoms with van der Waals surface area (Å²) < 4.78 is 46.7. The highest BCUT2D eigenvalue weighted by Gasteiger charge is 2.30. The maximum Gasteiger partial charge on any atom is 0.233 e. The summed E-state index contributed by atoms with van der Waals surface area (Å²) in [4.78, 5) is 6.80. The third-order valence-electron chi connectivity index (χ3n) is 6.74. The van der Waals surface area contributed by atoms with E-state index in [1.807, 2.05) is 49.4 Å². The number of oxazole rings is 1. The fourth-order valence-corrected chi connectivity index (χ4v) is 5.98. The summed E-state index contributed by atoms with van der Waals surface area (Å²) in [5.74, 6) is -0.222. The summed E-state index contributed by atoms with van der Waals surface area (Å²) in [6.07, 6.45) is 3.48. The van der Waals surface area contributed by atoms with Crippen LogP contribution in [0, 0.1) is 12.7 Å². The number of anilines is 1. The van der Waals surface area contributed by atoms with Crippen molar-refractivity contribution in [3.05, 3.63) is 95.8 Å². The molecule has 0 radical (unpaired) electrons. The van der Waals surface area contributed by atoms with E-state index in [1.165, 1.54) is 18.6 Å². The third-order valence-corrected chi connectivity index (χ3v) is 8.42. The Morgan fingerprint density at radius 2 is 1.62 bits per heavy atom. The highest BCUT2D eigenvalue weighted by Crippen LogP contribution is 2.34. The molecule has 1 fully saturated rings. The van der Waals surface area contributed by atoms with Gasteiger partial charge in [-0.1, -0.05) is 54.4 Å². The second-order valence-electron chi connectivity index (χ2n) is 9.38. The molecule has 8 heteroatoms. The Morgan fingerprint density at radius 3 is 2.30 bits per heavy atom. The van der Waals surface area contributed by atoms with Crippen molar-refractivity contribution < 1.29 is 17.2 Å². The minimum atomic E-state index is -4.07. The lowest BCUT2D eigenvalue weighted by Gasteiger charge is -2.35. The molecule has 1 aliphatic rings. The molecule has 3 aromatic carbocycles. The van der Waals surface area contributed by atoms with E-state index in [2.05, 4.69) is 27.3 Å². The molecule has 6 nitrogen and oxygen atoms in total. The van der Waals surface area contributed by atoms with E-state index in [-0.39, 0.29) is 27.7 Å². The Kier molecular flexibility index (Phi) is 7.39. The van der Waals surface area contributed by atoms with E-state index < -0.39 is 15.7 Å². The Morgan fingerprint density at radius 1 is 0.946 bits per heavy atom. The lowest BCUT2D eigenvalue weighted by atomic mass is 10.0. The Labute approximate surface area is 217 Å². The van der Waals surface area contributed by atoms with Crippen molar-refractivity contribution in [1.82, 2.24) is 9.88 Å². The molecular formula is C29H30FN3O3S. The van der Waals surface area contributed by atoms with Crippen LogP contribution in [0.15, 0.2) is 93.2 Å². The molecule has 0 bridgehead atoms. The van der Waals surface area contributed by atoms with Gasteiger partial charge in [0.2, 0.25) is 26.6 Å². The molecule has 1 unspecified atom stereocenters. The summed E-state index contributed by atoms with van der Waals surface area (Å²) >= 11 is 0. The number of nitrogens with one attached hydrogen (secondary N) is 1. The lowest BCUT2D eigenvalue weighted by Crippen LogP contribution is -2.37. The van der Waals surface area contributed by atoms with E-state index in [4.69, 9.17) is 4.42 Å². The van der Waals surface area contributed by atoms with Crippen LogP contribution in [0.4, 0.5) is 10.3 Å². The van der Waals surface area contributed by atoms with Gasteiger partial charge < -0.3 is 9.73 Å². The van der Waals surface area contributed by atoms with Crippen LogP contribution in [0.2, 0.25) is 0 Å². The summed E-state index contributed by atoms with van der Waals surface area (Å²) in [6.45, 7) is 4.37. The highest BCUT2D eigenvalue weighted by molar-refractivity contribution is 7.91. The van der Waals surface area contributed by atoms with Crippen molar-refractivity contribution in [2.24, 2.45) is 0 Å². The first-order chi connectivity index (χ1) is 17.9. The Hall–Kier alpha value is -3.49. The van der Waals surface area contributed by atoms with Gasteiger partial charge in [-0.3, -0.25) is 4.90 Å². The number of aryl methyl sites for hydroxylation is 1. The largest absolute Gasteiger partial charge is 0.419 e. The molecule has 1 aliphatic heterocycles. The average molecular weight is 520 g/mol. The number of rotatable bonds is 8. The Bertz CT molecular complexity index is 1430. The van der Waals surface area contributed by atoms with Crippen molar-refractivity contribution in [3.8, 4) is 11.5 Å². The van der Waals surface area contributed by atoms with Crippen LogP contribution in [-0.2, 0) is 9.84 Å². The van der Waals surface area contributed by atoms with Gasteiger partial charge in [0.05, 0.1) is 10.9 Å². The molecule has 192 valence electrons. The van der Waals surface area contributed by atoms with Crippen LogP contribution >= 0.6 is 0 Å². The topological polar surface area (TPSA) is 75.4 Å². The molecule has 0 amide bonds. The number of nitrogens with zero attached hydrogens (tertiary/aromatic N) is 2. The predicted octanol–water partition coefficient (Wildman–Crippen LogP) is 6.26. The molecule has 1 aromatic heterocycles. The minimum Gasteiger partial charge on any atom is -0.419 e. The van der Waals surface area contributed by atoms with Gasteiger partial charge in [0, 0.05) is 12.1 Å². The van der Waals surface area contributed by atoms with Crippen LogP contribution in [0.3, 0.4) is 0 Å². The van der Waals surface area contributed by atoms with Crippen LogP contribution in [-0.4, -0.2) is 37.9 Å². The van der Waals surface area contributed by atoms with Gasteiger partial charge in [-0.2, -0.15) is 4.98 Å². The van der Waals surface area contributed by atoms with Crippen LogP contribution in [0.25, 0.3) is 11.5 Å².